The predicted octanol–water partition coefficient (Wildman–Crippen LogP) is 2.87. The summed E-state index contributed by atoms with van der Waals surface area (Å²) < 4.78 is 5.62. The fourth-order valence-corrected chi connectivity index (χ4v) is 2.64. The number of aromatic nitrogens is 4. The van der Waals surface area contributed by atoms with Crippen LogP contribution in [0.15, 0.2) is 47.5 Å². The van der Waals surface area contributed by atoms with Gasteiger partial charge in [0.25, 0.3) is 5.56 Å². The van der Waals surface area contributed by atoms with Gasteiger partial charge in [-0.15, -0.1) is 0 Å². The molecule has 2 aromatic heterocycles. The molecule has 0 spiro atoms. The molecule has 0 aliphatic rings. The zero-order chi connectivity index (χ0) is 15.8. The van der Waals surface area contributed by atoms with Gasteiger partial charge in [0.05, 0.1) is 40.4 Å². The molecule has 4 rings (SSSR count). The van der Waals surface area contributed by atoms with Gasteiger partial charge in [0, 0.05) is 0 Å². The third-order valence-corrected chi connectivity index (χ3v) is 3.69. The topological polar surface area (TPSA) is 83.7 Å². The summed E-state index contributed by atoms with van der Waals surface area (Å²) in [6.07, 6.45) is 1.60. The van der Waals surface area contributed by atoms with Gasteiger partial charge in [-0.3, -0.25) is 4.79 Å². The molecule has 0 saturated carbocycles. The van der Waals surface area contributed by atoms with E-state index in [1.807, 2.05) is 37.3 Å². The maximum atomic E-state index is 12.4. The first-order valence-electron chi connectivity index (χ1n) is 7.35. The lowest BCUT2D eigenvalue weighted by Crippen LogP contribution is -2.10. The fourth-order valence-electron chi connectivity index (χ4n) is 2.64. The van der Waals surface area contributed by atoms with Crippen LogP contribution in [0.3, 0.4) is 0 Å². The van der Waals surface area contributed by atoms with E-state index in [1.54, 1.807) is 12.4 Å². The average Bonchev–Trinajstić information content (AvgIpc) is 3.01. The summed E-state index contributed by atoms with van der Waals surface area (Å²) in [6, 6.07) is 11.1. The molecule has 6 nitrogen and oxygen atoms in total. The number of hydrogen-bond donors (Lipinski definition) is 2. The molecule has 6 heteroatoms. The zero-order valence-electron chi connectivity index (χ0n) is 12.5. The molecular weight excluding hydrogens is 292 g/mol. The number of fused-ring (bicyclic) bond motifs is 2. The molecule has 0 amide bonds. The number of ether oxygens (including phenoxy) is 1. The Morgan fingerprint density at radius 2 is 2.04 bits per heavy atom. The molecule has 0 aliphatic heterocycles. The lowest BCUT2D eigenvalue weighted by Gasteiger charge is -2.09. The van der Waals surface area contributed by atoms with Crippen LogP contribution in [0.1, 0.15) is 6.92 Å². The van der Waals surface area contributed by atoms with Crippen molar-refractivity contribution in [2.24, 2.45) is 0 Å². The monoisotopic (exact) mass is 306 g/mol. The van der Waals surface area contributed by atoms with E-state index in [9.17, 15) is 4.79 Å². The predicted molar refractivity (Wildman–Crippen MR) is 88.6 cm³/mol. The molecule has 0 fully saturated rings. The Bertz CT molecular complexity index is 1070. The fraction of sp³-hybridized carbons (Fsp3) is 0.118. The number of nitrogens with one attached hydrogen (secondary N) is 2. The zero-order valence-corrected chi connectivity index (χ0v) is 12.5. The number of imidazole rings is 1. The van der Waals surface area contributed by atoms with Crippen molar-refractivity contribution < 1.29 is 4.74 Å². The number of para-hydroxylation sites is 1. The summed E-state index contributed by atoms with van der Waals surface area (Å²) in [4.78, 5) is 27.1. The Balaban J connectivity index is 1.98. The van der Waals surface area contributed by atoms with E-state index < -0.39 is 0 Å². The van der Waals surface area contributed by atoms with Gasteiger partial charge in [-0.2, -0.15) is 0 Å². The summed E-state index contributed by atoms with van der Waals surface area (Å²) in [5.41, 5.74) is 2.77. The first-order chi connectivity index (χ1) is 11.3. The van der Waals surface area contributed by atoms with E-state index >= 15 is 0 Å². The molecule has 0 radical (unpaired) electrons. The summed E-state index contributed by atoms with van der Waals surface area (Å²) in [7, 11) is 0. The Kier molecular flexibility index (Phi) is 3.08. The van der Waals surface area contributed by atoms with Crippen LogP contribution in [0.2, 0.25) is 0 Å². The van der Waals surface area contributed by atoms with Gasteiger partial charge >= 0.3 is 0 Å². The molecule has 2 heterocycles. The van der Waals surface area contributed by atoms with Crippen LogP contribution in [0.5, 0.6) is 5.75 Å². The Labute approximate surface area is 131 Å². The SMILES string of the molecule is CCOc1ccccc1-c1nc2cc3nc[nH]c3cc2c(=O)[nH]1. The molecule has 0 bridgehead atoms. The average molecular weight is 306 g/mol. The maximum absolute atomic E-state index is 12.4. The van der Waals surface area contributed by atoms with E-state index in [2.05, 4.69) is 19.9 Å². The molecule has 0 atom stereocenters. The normalized spacial score (nSPS) is 11.2. The van der Waals surface area contributed by atoms with Crippen molar-refractivity contribution in [1.82, 2.24) is 19.9 Å². The largest absolute Gasteiger partial charge is 0.493 e. The Morgan fingerprint density at radius 1 is 1.17 bits per heavy atom. The summed E-state index contributed by atoms with van der Waals surface area (Å²) in [5, 5.41) is 0.527. The number of benzene rings is 2. The van der Waals surface area contributed by atoms with Gasteiger partial charge in [-0.25, -0.2) is 9.97 Å². The minimum atomic E-state index is -0.187. The van der Waals surface area contributed by atoms with Crippen LogP contribution < -0.4 is 10.3 Å². The van der Waals surface area contributed by atoms with E-state index in [0.717, 1.165) is 16.6 Å². The van der Waals surface area contributed by atoms with Crippen LogP contribution in [0.25, 0.3) is 33.3 Å². The molecular formula is C17H14N4O2. The van der Waals surface area contributed by atoms with Gasteiger partial charge in [-0.1, -0.05) is 12.1 Å². The van der Waals surface area contributed by atoms with Crippen LogP contribution in [0.4, 0.5) is 0 Å². The minimum Gasteiger partial charge on any atom is -0.493 e. The van der Waals surface area contributed by atoms with E-state index in [4.69, 9.17) is 4.74 Å². The number of nitrogens with zero attached hydrogens (tertiary/aromatic N) is 2. The van der Waals surface area contributed by atoms with E-state index in [0.29, 0.717) is 29.1 Å². The Hall–Kier alpha value is -3.15. The van der Waals surface area contributed by atoms with Crippen molar-refractivity contribution in [3.63, 3.8) is 0 Å². The lowest BCUT2D eigenvalue weighted by molar-refractivity contribution is 0.341. The first kappa shape index (κ1) is 13.5. The second-order valence-corrected chi connectivity index (χ2v) is 5.13. The van der Waals surface area contributed by atoms with Gasteiger partial charge in [-0.05, 0) is 31.2 Å². The maximum Gasteiger partial charge on any atom is 0.259 e. The smallest absolute Gasteiger partial charge is 0.259 e. The van der Waals surface area contributed by atoms with Crippen LogP contribution in [0, 0.1) is 0 Å². The third-order valence-electron chi connectivity index (χ3n) is 3.69. The first-order valence-corrected chi connectivity index (χ1v) is 7.35. The molecule has 0 aliphatic carbocycles. The van der Waals surface area contributed by atoms with E-state index in [1.165, 1.54) is 0 Å². The minimum absolute atomic E-state index is 0.187. The number of H-pyrrole nitrogens is 2. The molecule has 0 unspecified atom stereocenters. The van der Waals surface area contributed by atoms with Gasteiger partial charge in [0.1, 0.15) is 11.6 Å². The number of rotatable bonds is 3. The molecule has 4 aromatic rings. The van der Waals surface area contributed by atoms with Crippen molar-refractivity contribution in [1.29, 1.82) is 0 Å². The van der Waals surface area contributed by atoms with Crippen LogP contribution in [-0.2, 0) is 0 Å². The Morgan fingerprint density at radius 3 is 2.91 bits per heavy atom. The van der Waals surface area contributed by atoms with Crippen LogP contribution in [-0.4, -0.2) is 26.5 Å². The molecule has 23 heavy (non-hydrogen) atoms. The standard InChI is InChI=1S/C17H14N4O2/c1-2-23-15-6-4-3-5-10(15)16-20-12-8-14-13(18-9-19-14)7-11(12)17(22)21-16/h3-9H,2H2,1H3,(H,18,19)(H,20,21,22). The summed E-state index contributed by atoms with van der Waals surface area (Å²) >= 11 is 0. The van der Waals surface area contributed by atoms with Crippen molar-refractivity contribution in [2.75, 3.05) is 6.61 Å². The second-order valence-electron chi connectivity index (χ2n) is 5.13. The van der Waals surface area contributed by atoms with Crippen molar-refractivity contribution >= 4 is 21.9 Å². The highest BCUT2D eigenvalue weighted by molar-refractivity contribution is 5.93. The molecule has 2 N–H and O–H groups in total. The number of hydrogen-bond acceptors (Lipinski definition) is 4. The molecule has 114 valence electrons. The molecule has 2 aromatic carbocycles. The van der Waals surface area contributed by atoms with Gasteiger partial charge in [0.15, 0.2) is 0 Å². The number of aromatic amines is 2. The van der Waals surface area contributed by atoms with Crippen LogP contribution >= 0.6 is 0 Å². The summed E-state index contributed by atoms with van der Waals surface area (Å²) in [5.74, 6) is 1.18. The molecule has 0 saturated heterocycles. The highest BCUT2D eigenvalue weighted by atomic mass is 16.5. The van der Waals surface area contributed by atoms with E-state index in [-0.39, 0.29) is 5.56 Å². The highest BCUT2D eigenvalue weighted by Gasteiger charge is 2.11. The lowest BCUT2D eigenvalue weighted by atomic mass is 10.1. The van der Waals surface area contributed by atoms with Crippen molar-refractivity contribution in [2.45, 2.75) is 6.92 Å². The van der Waals surface area contributed by atoms with Gasteiger partial charge < -0.3 is 14.7 Å². The summed E-state index contributed by atoms with van der Waals surface area (Å²) in [6.45, 7) is 2.46. The highest BCUT2D eigenvalue weighted by Crippen LogP contribution is 2.27. The van der Waals surface area contributed by atoms with Gasteiger partial charge in [0.2, 0.25) is 0 Å². The third kappa shape index (κ3) is 2.24. The quantitative estimate of drug-likeness (QED) is 0.609. The van der Waals surface area contributed by atoms with Crippen molar-refractivity contribution in [3.05, 3.63) is 53.1 Å². The van der Waals surface area contributed by atoms with Crippen molar-refractivity contribution in [3.8, 4) is 17.1 Å². The second kappa shape index (κ2) is 5.24.